The van der Waals surface area contributed by atoms with Crippen LogP contribution in [0.15, 0.2) is 0 Å². The van der Waals surface area contributed by atoms with E-state index in [1.54, 1.807) is 6.92 Å². The number of hydrogen-bond acceptors (Lipinski definition) is 14. The summed E-state index contributed by atoms with van der Waals surface area (Å²) in [4.78, 5) is 10.7. The van der Waals surface area contributed by atoms with E-state index in [2.05, 4.69) is 0 Å². The number of carboxylic acids is 1. The molecule has 2 rings (SSSR count). The van der Waals surface area contributed by atoms with Crippen LogP contribution in [0.5, 0.6) is 0 Å². The molecular weight excluding hydrogens is 492 g/mol. The van der Waals surface area contributed by atoms with Gasteiger partial charge < -0.3 is 70.0 Å². The first-order valence-electron chi connectivity index (χ1n) is 11.5. The number of ether oxygens (including phenoxy) is 4. The highest BCUT2D eigenvalue weighted by molar-refractivity contribution is 5.72. The fourth-order valence-electron chi connectivity index (χ4n) is 3.92. The Kier molecular flexibility index (Phi) is 11.4. The normalized spacial score (nSPS) is 41.5. The number of rotatable bonds is 10. The van der Waals surface area contributed by atoms with Gasteiger partial charge in [0.1, 0.15) is 60.5 Å². The molecule has 0 bridgehead atoms. The van der Waals surface area contributed by atoms with Crippen molar-refractivity contribution in [3.8, 4) is 0 Å². The summed E-state index contributed by atoms with van der Waals surface area (Å²) in [5, 5.41) is 99.5. The third-order valence-corrected chi connectivity index (χ3v) is 6.61. The molecule has 0 saturated carbocycles. The fourth-order valence-corrected chi connectivity index (χ4v) is 3.92. The van der Waals surface area contributed by atoms with Crippen LogP contribution in [0.1, 0.15) is 20.3 Å². The second-order valence-corrected chi connectivity index (χ2v) is 9.49. The van der Waals surface area contributed by atoms with Crippen LogP contribution in [0.25, 0.3) is 0 Å². The van der Waals surface area contributed by atoms with Crippen LogP contribution in [-0.4, -0.2) is 162 Å². The molecule has 15 heteroatoms. The first kappa shape index (κ1) is 31.2. The number of hydrogen-bond donors (Lipinski definition) is 10. The highest BCUT2D eigenvalue weighted by atomic mass is 16.6. The summed E-state index contributed by atoms with van der Waals surface area (Å²) in [5.41, 5.74) is -1.68. The van der Waals surface area contributed by atoms with Gasteiger partial charge in [0.25, 0.3) is 0 Å². The van der Waals surface area contributed by atoms with Gasteiger partial charge in [-0.25, -0.2) is 4.79 Å². The van der Waals surface area contributed by atoms with Crippen LogP contribution >= 0.6 is 0 Å². The van der Waals surface area contributed by atoms with Gasteiger partial charge in [-0.3, -0.25) is 0 Å². The Bertz CT molecular complexity index is 692. The van der Waals surface area contributed by atoms with Gasteiger partial charge in [0.2, 0.25) is 0 Å². The van der Waals surface area contributed by atoms with Gasteiger partial charge in [0.05, 0.1) is 38.6 Å². The molecule has 10 N–H and O–H groups in total. The number of aliphatic hydroxyl groups excluding tert-OH is 8. The molecule has 2 heterocycles. The quantitative estimate of drug-likeness (QED) is 0.126. The van der Waals surface area contributed by atoms with E-state index < -0.39 is 91.9 Å². The zero-order valence-electron chi connectivity index (χ0n) is 20.0. The highest BCUT2D eigenvalue weighted by Gasteiger charge is 2.46. The molecule has 13 unspecified atom stereocenters. The highest BCUT2D eigenvalue weighted by Crippen LogP contribution is 2.28. The van der Waals surface area contributed by atoms with Crippen molar-refractivity contribution in [2.24, 2.45) is 0 Å². The summed E-state index contributed by atoms with van der Waals surface area (Å²) < 4.78 is 21.9. The minimum Gasteiger partial charge on any atom is -0.479 e. The number of carbonyl (C=O) groups is 1. The van der Waals surface area contributed by atoms with Crippen LogP contribution < -0.4 is 0 Å². The predicted molar refractivity (Wildman–Crippen MR) is 116 cm³/mol. The maximum absolute atomic E-state index is 10.7. The second kappa shape index (κ2) is 13.1. The zero-order chi connectivity index (χ0) is 27.4. The molecule has 2 fully saturated rings. The molecule has 212 valence electrons. The van der Waals surface area contributed by atoms with E-state index in [4.69, 9.17) is 24.1 Å². The molecule has 0 spiro atoms. The zero-order valence-corrected chi connectivity index (χ0v) is 20.0. The molecular formula is C21H38O15. The third kappa shape index (κ3) is 7.50. The van der Waals surface area contributed by atoms with E-state index in [-0.39, 0.29) is 25.7 Å². The molecule has 2 aliphatic rings. The lowest BCUT2D eigenvalue weighted by molar-refractivity contribution is -0.182. The monoisotopic (exact) mass is 530 g/mol. The Labute approximate surface area is 207 Å². The van der Waals surface area contributed by atoms with E-state index in [0.717, 1.165) is 0 Å². The summed E-state index contributed by atoms with van der Waals surface area (Å²) in [5.74, 6) is -1.83. The lowest BCUT2D eigenvalue weighted by Gasteiger charge is -2.35. The van der Waals surface area contributed by atoms with Crippen molar-refractivity contribution < 1.29 is 74.8 Å². The van der Waals surface area contributed by atoms with E-state index >= 15 is 0 Å². The lowest BCUT2D eigenvalue weighted by Crippen LogP contribution is -2.53. The summed E-state index contributed by atoms with van der Waals surface area (Å²) in [6.07, 6.45) is -18.7. The molecule has 15 nitrogen and oxygen atoms in total. The summed E-state index contributed by atoms with van der Waals surface area (Å²) in [7, 11) is 0. The Hall–Kier alpha value is -1.05. The van der Waals surface area contributed by atoms with Crippen LogP contribution in [0.4, 0.5) is 0 Å². The van der Waals surface area contributed by atoms with Crippen molar-refractivity contribution in [3.63, 3.8) is 0 Å². The first-order valence-corrected chi connectivity index (χ1v) is 11.5. The molecule has 0 aromatic rings. The lowest BCUT2D eigenvalue weighted by atomic mass is 9.90. The summed E-state index contributed by atoms with van der Waals surface area (Å²) in [6, 6.07) is 0. The van der Waals surface area contributed by atoms with E-state index in [9.17, 15) is 50.8 Å². The maximum Gasteiger partial charge on any atom is 0.335 e. The van der Waals surface area contributed by atoms with Gasteiger partial charge in [0, 0.05) is 6.42 Å². The smallest absolute Gasteiger partial charge is 0.335 e. The van der Waals surface area contributed by atoms with Gasteiger partial charge in [-0.15, -0.1) is 0 Å². The largest absolute Gasteiger partial charge is 0.479 e. The van der Waals surface area contributed by atoms with Gasteiger partial charge >= 0.3 is 5.97 Å². The Morgan fingerprint density at radius 3 is 2.22 bits per heavy atom. The molecule has 0 radical (unpaired) electrons. The van der Waals surface area contributed by atoms with Gasteiger partial charge in [0.15, 0.2) is 6.10 Å². The van der Waals surface area contributed by atoms with Crippen LogP contribution in [0.3, 0.4) is 0 Å². The Balaban J connectivity index is 1.96. The van der Waals surface area contributed by atoms with E-state index in [0.29, 0.717) is 0 Å². The van der Waals surface area contributed by atoms with E-state index in [1.807, 2.05) is 0 Å². The topological polar surface area (TPSA) is 256 Å². The molecule has 0 aliphatic carbocycles. The average Bonchev–Trinajstić information content (AvgIpc) is 2.98. The van der Waals surface area contributed by atoms with Crippen LogP contribution in [0, 0.1) is 0 Å². The molecule has 0 aromatic carbocycles. The van der Waals surface area contributed by atoms with Crippen molar-refractivity contribution >= 4 is 5.97 Å². The van der Waals surface area contributed by atoms with Crippen molar-refractivity contribution in [2.75, 3.05) is 26.4 Å². The van der Waals surface area contributed by atoms with Gasteiger partial charge in [-0.1, -0.05) is 0 Å². The van der Waals surface area contributed by atoms with Crippen molar-refractivity contribution in [2.45, 2.75) is 99.1 Å². The van der Waals surface area contributed by atoms with Crippen molar-refractivity contribution in [1.29, 1.82) is 0 Å². The number of aliphatic hydroxyl groups is 9. The standard InChI is InChI=1S/C21H38O15/c1-8-3-12(23)21(2,32)13(7-33-8)36-6-11-16(26)18(28)15(25)10(5-35-11)34-4-9(22)14(24)17(27)19(29)20(30)31/h8-19,22-29,32H,3-7H2,1-2H3,(H,30,31). The Morgan fingerprint density at radius 1 is 0.972 bits per heavy atom. The average molecular weight is 531 g/mol. The predicted octanol–water partition coefficient (Wildman–Crippen LogP) is -5.31. The number of carboxylic acid groups (broad SMARTS) is 1. The minimum absolute atomic E-state index is 0.0619. The van der Waals surface area contributed by atoms with E-state index in [1.165, 1.54) is 6.92 Å². The van der Waals surface area contributed by atoms with Gasteiger partial charge in [-0.05, 0) is 13.8 Å². The fraction of sp³-hybridized carbons (Fsp3) is 0.952. The molecule has 2 aliphatic heterocycles. The van der Waals surface area contributed by atoms with Crippen LogP contribution in [0.2, 0.25) is 0 Å². The SMILES string of the molecule is CC1CC(O)C(C)(O)C(OCC2OCC(OCC(O)C(O)C(O)C(O)C(=O)O)C(O)C(O)C2O)CO1. The minimum atomic E-state index is -2.37. The summed E-state index contributed by atoms with van der Waals surface area (Å²) in [6.45, 7) is 1.48. The second-order valence-electron chi connectivity index (χ2n) is 9.49. The van der Waals surface area contributed by atoms with Crippen molar-refractivity contribution in [1.82, 2.24) is 0 Å². The third-order valence-electron chi connectivity index (χ3n) is 6.61. The summed E-state index contributed by atoms with van der Waals surface area (Å²) >= 11 is 0. The van der Waals surface area contributed by atoms with Gasteiger partial charge in [-0.2, -0.15) is 0 Å². The molecule has 0 amide bonds. The molecule has 36 heavy (non-hydrogen) atoms. The molecule has 0 aromatic heterocycles. The number of aliphatic carboxylic acids is 1. The first-order chi connectivity index (χ1) is 16.7. The van der Waals surface area contributed by atoms with Crippen molar-refractivity contribution in [3.05, 3.63) is 0 Å². The van der Waals surface area contributed by atoms with Crippen LogP contribution in [-0.2, 0) is 23.7 Å². The molecule has 13 atom stereocenters. The molecule has 2 saturated heterocycles. The Morgan fingerprint density at radius 2 is 1.61 bits per heavy atom. The maximum atomic E-state index is 10.7.